The summed E-state index contributed by atoms with van der Waals surface area (Å²) < 4.78 is 19.7. The van der Waals surface area contributed by atoms with Gasteiger partial charge in [0.05, 0.1) is 12.5 Å². The van der Waals surface area contributed by atoms with Crippen molar-refractivity contribution >= 4 is 45.5 Å². The summed E-state index contributed by atoms with van der Waals surface area (Å²) in [5.74, 6) is -1.79. The van der Waals surface area contributed by atoms with E-state index in [1.54, 1.807) is 11.6 Å². The molecular weight excluding hydrogens is 395 g/mol. The SMILES string of the molecule is N#CCCN(C(=O)COC(=O)c1c(Cl)nc2sccn12)c1ccc(F)cc1. The smallest absolute Gasteiger partial charge is 0.359 e. The first-order chi connectivity index (χ1) is 13.0. The highest BCUT2D eigenvalue weighted by Crippen LogP contribution is 2.22. The Kier molecular flexibility index (Phi) is 5.69. The summed E-state index contributed by atoms with van der Waals surface area (Å²) in [7, 11) is 0. The standard InChI is InChI=1S/C17H12ClFN4O3S/c18-15-14(23-8-9-27-17(23)21-15)16(25)26-10-13(24)22(7-1-6-20)12-4-2-11(19)3-5-12/h2-5,8-9H,1,7,10H2. The molecule has 7 nitrogen and oxygen atoms in total. The second-order valence-electron chi connectivity index (χ2n) is 5.31. The Morgan fingerprint density at radius 2 is 2.11 bits per heavy atom. The number of carbonyl (C=O) groups is 2. The summed E-state index contributed by atoms with van der Waals surface area (Å²) in [6.07, 6.45) is 1.69. The molecule has 0 unspecified atom stereocenters. The molecule has 10 heteroatoms. The Morgan fingerprint density at radius 3 is 2.81 bits per heavy atom. The number of aromatic nitrogens is 2. The lowest BCUT2D eigenvalue weighted by Crippen LogP contribution is -2.35. The highest BCUT2D eigenvalue weighted by molar-refractivity contribution is 7.15. The van der Waals surface area contributed by atoms with Gasteiger partial charge in [0.1, 0.15) is 5.82 Å². The maximum absolute atomic E-state index is 13.1. The van der Waals surface area contributed by atoms with Gasteiger partial charge in [-0.25, -0.2) is 14.2 Å². The average Bonchev–Trinajstić information content (AvgIpc) is 3.21. The van der Waals surface area contributed by atoms with Gasteiger partial charge in [-0.3, -0.25) is 9.20 Å². The Labute approximate surface area is 162 Å². The maximum atomic E-state index is 13.1. The first-order valence-electron chi connectivity index (χ1n) is 7.72. The predicted octanol–water partition coefficient (Wildman–Crippen LogP) is 3.29. The molecule has 3 aromatic rings. The minimum atomic E-state index is -0.793. The number of hydrogen-bond donors (Lipinski definition) is 0. The van der Waals surface area contributed by atoms with Crippen LogP contribution in [0, 0.1) is 17.1 Å². The molecule has 0 saturated heterocycles. The molecule has 0 aliphatic heterocycles. The van der Waals surface area contributed by atoms with E-state index in [9.17, 15) is 14.0 Å². The zero-order chi connectivity index (χ0) is 19.4. The van der Waals surface area contributed by atoms with Crippen molar-refractivity contribution in [1.29, 1.82) is 5.26 Å². The van der Waals surface area contributed by atoms with Crippen LogP contribution >= 0.6 is 22.9 Å². The van der Waals surface area contributed by atoms with Crippen LogP contribution in [0.4, 0.5) is 10.1 Å². The highest BCUT2D eigenvalue weighted by Gasteiger charge is 2.23. The second kappa shape index (κ2) is 8.16. The van der Waals surface area contributed by atoms with Crippen molar-refractivity contribution < 1.29 is 18.7 Å². The topological polar surface area (TPSA) is 87.7 Å². The number of carbonyl (C=O) groups excluding carboxylic acids is 2. The van der Waals surface area contributed by atoms with Crippen LogP contribution in [0.5, 0.6) is 0 Å². The first kappa shape index (κ1) is 18.8. The number of ether oxygens (including phenoxy) is 1. The van der Waals surface area contributed by atoms with Crippen molar-refractivity contribution in [1.82, 2.24) is 9.38 Å². The molecule has 2 aromatic heterocycles. The zero-order valence-corrected chi connectivity index (χ0v) is 15.3. The first-order valence-corrected chi connectivity index (χ1v) is 8.98. The maximum Gasteiger partial charge on any atom is 0.359 e. The number of halogens is 2. The van der Waals surface area contributed by atoms with E-state index < -0.39 is 24.3 Å². The molecule has 0 bridgehead atoms. The van der Waals surface area contributed by atoms with Crippen molar-refractivity contribution in [2.45, 2.75) is 6.42 Å². The third kappa shape index (κ3) is 4.07. The van der Waals surface area contributed by atoms with Crippen molar-refractivity contribution in [3.63, 3.8) is 0 Å². The van der Waals surface area contributed by atoms with E-state index in [1.165, 1.54) is 44.9 Å². The van der Waals surface area contributed by atoms with E-state index in [4.69, 9.17) is 21.6 Å². The molecule has 0 aliphatic rings. The van der Waals surface area contributed by atoms with Gasteiger partial charge in [0.15, 0.2) is 22.4 Å². The summed E-state index contributed by atoms with van der Waals surface area (Å²) in [4.78, 5) is 30.6. The normalized spacial score (nSPS) is 10.6. The number of nitrogens with zero attached hydrogens (tertiary/aromatic N) is 4. The minimum absolute atomic E-state index is 0.0147. The number of hydrogen-bond acceptors (Lipinski definition) is 6. The van der Waals surface area contributed by atoms with Crippen molar-refractivity contribution in [2.24, 2.45) is 0 Å². The number of esters is 1. The van der Waals surface area contributed by atoms with Gasteiger partial charge >= 0.3 is 5.97 Å². The molecule has 138 valence electrons. The molecule has 3 rings (SSSR count). The van der Waals surface area contributed by atoms with Gasteiger partial charge < -0.3 is 9.64 Å². The van der Waals surface area contributed by atoms with Crippen molar-refractivity contribution in [3.05, 3.63) is 52.5 Å². The number of fused-ring (bicyclic) bond motifs is 1. The fourth-order valence-corrected chi connectivity index (χ4v) is 3.41. The fraction of sp³-hybridized carbons (Fsp3) is 0.176. The molecule has 0 spiro atoms. The summed E-state index contributed by atoms with van der Waals surface area (Å²) >= 11 is 7.27. The number of benzene rings is 1. The Balaban J connectivity index is 1.72. The molecule has 0 N–H and O–H groups in total. The molecular formula is C17H12ClFN4O3S. The molecule has 2 heterocycles. The van der Waals surface area contributed by atoms with Crippen LogP contribution in [0.1, 0.15) is 16.9 Å². The Bertz CT molecular complexity index is 1030. The lowest BCUT2D eigenvalue weighted by Gasteiger charge is -2.21. The van der Waals surface area contributed by atoms with E-state index in [0.29, 0.717) is 10.6 Å². The van der Waals surface area contributed by atoms with Gasteiger partial charge in [0.25, 0.3) is 5.91 Å². The number of imidazole rings is 1. The monoisotopic (exact) mass is 406 g/mol. The van der Waals surface area contributed by atoms with Gasteiger partial charge in [-0.2, -0.15) is 5.26 Å². The molecule has 0 atom stereocenters. The summed E-state index contributed by atoms with van der Waals surface area (Å²) in [5, 5.41) is 10.5. The van der Waals surface area contributed by atoms with Crippen LogP contribution in [-0.2, 0) is 9.53 Å². The van der Waals surface area contributed by atoms with Gasteiger partial charge in [0, 0.05) is 23.8 Å². The van der Waals surface area contributed by atoms with Gasteiger partial charge in [-0.05, 0) is 24.3 Å². The minimum Gasteiger partial charge on any atom is -0.451 e. The molecule has 0 aliphatic carbocycles. The average molecular weight is 407 g/mol. The van der Waals surface area contributed by atoms with Crippen LogP contribution in [0.3, 0.4) is 0 Å². The van der Waals surface area contributed by atoms with E-state index in [0.717, 1.165) is 0 Å². The molecule has 0 radical (unpaired) electrons. The number of rotatable bonds is 6. The largest absolute Gasteiger partial charge is 0.451 e. The van der Waals surface area contributed by atoms with Crippen LogP contribution in [0.15, 0.2) is 35.8 Å². The molecule has 1 aromatic carbocycles. The Hall–Kier alpha value is -2.96. The quantitative estimate of drug-likeness (QED) is 0.586. The Morgan fingerprint density at radius 1 is 1.37 bits per heavy atom. The summed E-state index contributed by atoms with van der Waals surface area (Å²) in [5.41, 5.74) is 0.432. The van der Waals surface area contributed by atoms with Crippen LogP contribution < -0.4 is 4.90 Å². The number of anilines is 1. The second-order valence-corrected chi connectivity index (χ2v) is 6.54. The van der Waals surface area contributed by atoms with Crippen molar-refractivity contribution in [2.75, 3.05) is 18.1 Å². The highest BCUT2D eigenvalue weighted by atomic mass is 35.5. The van der Waals surface area contributed by atoms with Crippen LogP contribution in [-0.4, -0.2) is 34.4 Å². The third-order valence-corrected chi connectivity index (χ3v) is 4.65. The molecule has 1 amide bonds. The number of amides is 1. The number of nitriles is 1. The van der Waals surface area contributed by atoms with Crippen molar-refractivity contribution in [3.8, 4) is 6.07 Å². The lowest BCUT2D eigenvalue weighted by atomic mass is 10.2. The van der Waals surface area contributed by atoms with E-state index >= 15 is 0 Å². The van der Waals surface area contributed by atoms with Crippen LogP contribution in [0.25, 0.3) is 4.96 Å². The third-order valence-electron chi connectivity index (χ3n) is 3.63. The lowest BCUT2D eigenvalue weighted by molar-refractivity contribution is -0.121. The zero-order valence-electron chi connectivity index (χ0n) is 13.8. The van der Waals surface area contributed by atoms with Crippen LogP contribution in [0.2, 0.25) is 5.15 Å². The van der Waals surface area contributed by atoms with Gasteiger partial charge in [-0.15, -0.1) is 11.3 Å². The molecule has 0 fully saturated rings. The van der Waals surface area contributed by atoms with E-state index in [2.05, 4.69) is 4.98 Å². The molecule has 27 heavy (non-hydrogen) atoms. The van der Waals surface area contributed by atoms with E-state index in [-0.39, 0.29) is 23.8 Å². The summed E-state index contributed by atoms with van der Waals surface area (Å²) in [6, 6.07) is 7.17. The fourth-order valence-electron chi connectivity index (χ4n) is 2.40. The van der Waals surface area contributed by atoms with Gasteiger partial charge in [0.2, 0.25) is 0 Å². The summed E-state index contributed by atoms with van der Waals surface area (Å²) in [6.45, 7) is -0.476. The molecule has 0 saturated carbocycles. The van der Waals surface area contributed by atoms with Gasteiger partial charge in [-0.1, -0.05) is 11.6 Å². The van der Waals surface area contributed by atoms with E-state index in [1.807, 2.05) is 6.07 Å². The number of thiazole rings is 1. The predicted molar refractivity (Wildman–Crippen MR) is 97.3 cm³/mol.